The minimum Gasteiger partial charge on any atom is -0.480 e. The number of primary amides is 1. The van der Waals surface area contributed by atoms with Crippen molar-refractivity contribution in [2.45, 2.75) is 31.9 Å². The first-order valence-corrected chi connectivity index (χ1v) is 6.13. The molecule has 5 N–H and O–H groups in total. The summed E-state index contributed by atoms with van der Waals surface area (Å²) in [7, 11) is 0. The van der Waals surface area contributed by atoms with Crippen LogP contribution < -0.4 is 21.5 Å². The summed E-state index contributed by atoms with van der Waals surface area (Å²) in [6.07, 6.45) is 1.32. The highest BCUT2D eigenvalue weighted by molar-refractivity contribution is 5.96. The number of nitrogen functional groups attached to an aromatic ring is 1. The van der Waals surface area contributed by atoms with Crippen LogP contribution in [0.2, 0.25) is 0 Å². The lowest BCUT2D eigenvalue weighted by Crippen LogP contribution is -2.37. The predicted octanol–water partition coefficient (Wildman–Crippen LogP) is 0.414. The lowest BCUT2D eigenvalue weighted by molar-refractivity contribution is -0.127. The molecule has 1 fully saturated rings. The van der Waals surface area contributed by atoms with Gasteiger partial charge in [-0.3, -0.25) is 9.59 Å². The van der Waals surface area contributed by atoms with E-state index in [1.165, 1.54) is 12.1 Å². The quantitative estimate of drug-likeness (QED) is 0.669. The number of hydrogen-bond acceptors (Lipinski definition) is 4. The van der Waals surface area contributed by atoms with E-state index in [9.17, 15) is 9.59 Å². The first kappa shape index (κ1) is 13.2. The Balaban J connectivity index is 2.08. The first-order valence-electron chi connectivity index (χ1n) is 6.13. The summed E-state index contributed by atoms with van der Waals surface area (Å²) in [6.45, 7) is 1.62. The number of ether oxygens (including phenoxy) is 1. The second kappa shape index (κ2) is 5.17. The molecule has 2 amide bonds. The van der Waals surface area contributed by atoms with Crippen LogP contribution in [-0.2, 0) is 4.79 Å². The first-order chi connectivity index (χ1) is 8.97. The van der Waals surface area contributed by atoms with Crippen LogP contribution in [0.3, 0.4) is 0 Å². The van der Waals surface area contributed by atoms with Crippen LogP contribution >= 0.6 is 0 Å². The number of carbonyl (C=O) groups is 2. The van der Waals surface area contributed by atoms with Gasteiger partial charge in [0.1, 0.15) is 5.75 Å². The molecular weight excluding hydrogens is 246 g/mol. The van der Waals surface area contributed by atoms with Gasteiger partial charge in [0.05, 0.1) is 5.56 Å². The predicted molar refractivity (Wildman–Crippen MR) is 70.6 cm³/mol. The summed E-state index contributed by atoms with van der Waals surface area (Å²) in [4.78, 5) is 23.1. The van der Waals surface area contributed by atoms with E-state index in [0.29, 0.717) is 5.69 Å². The fourth-order valence-corrected chi connectivity index (χ4v) is 1.63. The molecule has 6 nitrogen and oxygen atoms in total. The summed E-state index contributed by atoms with van der Waals surface area (Å²) < 4.78 is 5.48. The molecule has 1 aliphatic rings. The number of hydrogen-bond donors (Lipinski definition) is 3. The summed E-state index contributed by atoms with van der Waals surface area (Å²) in [6, 6.07) is 4.83. The van der Waals surface area contributed by atoms with Gasteiger partial charge in [0.2, 0.25) is 0 Å². The Morgan fingerprint density at radius 1 is 1.42 bits per heavy atom. The number of anilines is 1. The van der Waals surface area contributed by atoms with E-state index in [4.69, 9.17) is 16.2 Å². The average molecular weight is 263 g/mol. The van der Waals surface area contributed by atoms with Crippen molar-refractivity contribution in [3.63, 3.8) is 0 Å². The molecule has 1 unspecified atom stereocenters. The summed E-state index contributed by atoms with van der Waals surface area (Å²) in [5.41, 5.74) is 11.4. The fourth-order valence-electron chi connectivity index (χ4n) is 1.63. The second-order valence-corrected chi connectivity index (χ2v) is 4.66. The van der Waals surface area contributed by atoms with Crippen LogP contribution in [0.5, 0.6) is 5.75 Å². The maximum Gasteiger partial charge on any atom is 0.260 e. The van der Waals surface area contributed by atoms with E-state index < -0.39 is 12.0 Å². The Labute approximate surface area is 111 Å². The molecule has 0 aliphatic heterocycles. The van der Waals surface area contributed by atoms with Crippen molar-refractivity contribution in [3.05, 3.63) is 23.8 Å². The number of nitrogens with one attached hydrogen (secondary N) is 1. The third-order valence-corrected chi connectivity index (χ3v) is 2.87. The molecule has 2 rings (SSSR count). The lowest BCUT2D eigenvalue weighted by atomic mass is 10.1. The fraction of sp³-hybridized carbons (Fsp3) is 0.385. The molecule has 19 heavy (non-hydrogen) atoms. The molecule has 0 bridgehead atoms. The van der Waals surface area contributed by atoms with E-state index in [1.807, 2.05) is 0 Å². The Kier molecular flexibility index (Phi) is 3.59. The molecule has 0 heterocycles. The normalized spacial score (nSPS) is 15.6. The van der Waals surface area contributed by atoms with Gasteiger partial charge < -0.3 is 21.5 Å². The Morgan fingerprint density at radius 2 is 2.11 bits per heavy atom. The molecule has 102 valence electrons. The number of rotatable bonds is 5. The molecule has 1 aromatic carbocycles. The highest BCUT2D eigenvalue weighted by Crippen LogP contribution is 2.23. The molecular formula is C13H17N3O3. The molecule has 1 aliphatic carbocycles. The van der Waals surface area contributed by atoms with E-state index in [1.54, 1.807) is 13.0 Å². The summed E-state index contributed by atoms with van der Waals surface area (Å²) >= 11 is 0. The molecule has 0 radical (unpaired) electrons. The van der Waals surface area contributed by atoms with Crippen LogP contribution in [0.15, 0.2) is 18.2 Å². The van der Waals surface area contributed by atoms with Crippen LogP contribution in [0, 0.1) is 0 Å². The van der Waals surface area contributed by atoms with E-state index >= 15 is 0 Å². The Morgan fingerprint density at radius 3 is 2.68 bits per heavy atom. The highest BCUT2D eigenvalue weighted by atomic mass is 16.5. The number of benzene rings is 1. The van der Waals surface area contributed by atoms with Crippen molar-refractivity contribution in [2.24, 2.45) is 5.73 Å². The smallest absolute Gasteiger partial charge is 0.260 e. The molecule has 1 saturated carbocycles. The van der Waals surface area contributed by atoms with Crippen molar-refractivity contribution >= 4 is 17.5 Å². The zero-order chi connectivity index (χ0) is 14.0. The van der Waals surface area contributed by atoms with Gasteiger partial charge in [-0.25, -0.2) is 0 Å². The summed E-state index contributed by atoms with van der Waals surface area (Å²) in [5.74, 6) is -0.577. The zero-order valence-corrected chi connectivity index (χ0v) is 10.7. The topological polar surface area (TPSA) is 107 Å². The zero-order valence-electron chi connectivity index (χ0n) is 10.7. The van der Waals surface area contributed by atoms with E-state index in [0.717, 1.165) is 12.8 Å². The van der Waals surface area contributed by atoms with E-state index in [-0.39, 0.29) is 23.3 Å². The number of amides is 2. The van der Waals surface area contributed by atoms with Crippen molar-refractivity contribution in [2.75, 3.05) is 5.73 Å². The lowest BCUT2D eigenvalue weighted by Gasteiger charge is -2.16. The minimum atomic E-state index is -0.692. The highest BCUT2D eigenvalue weighted by Gasteiger charge is 2.26. The van der Waals surface area contributed by atoms with Gasteiger partial charge in [0.15, 0.2) is 6.10 Å². The van der Waals surface area contributed by atoms with Gasteiger partial charge in [-0.05, 0) is 38.0 Å². The minimum absolute atomic E-state index is 0.172. The van der Waals surface area contributed by atoms with Gasteiger partial charge in [-0.2, -0.15) is 0 Å². The Bertz CT molecular complexity index is 512. The average Bonchev–Trinajstić information content (AvgIpc) is 3.14. The van der Waals surface area contributed by atoms with Crippen LogP contribution in [0.25, 0.3) is 0 Å². The standard InChI is InChI=1S/C13H17N3O3/c1-7(13(18)16-9-3-4-9)19-11-5-2-8(14)6-10(11)12(15)17/h2,5-7,9H,3-4,14H2,1H3,(H2,15,17)(H,16,18). The second-order valence-electron chi connectivity index (χ2n) is 4.66. The van der Waals surface area contributed by atoms with Gasteiger partial charge in [-0.1, -0.05) is 0 Å². The third-order valence-electron chi connectivity index (χ3n) is 2.87. The van der Waals surface area contributed by atoms with Gasteiger partial charge >= 0.3 is 0 Å². The van der Waals surface area contributed by atoms with Crippen molar-refractivity contribution in [3.8, 4) is 5.75 Å². The maximum atomic E-state index is 11.8. The van der Waals surface area contributed by atoms with Crippen LogP contribution in [0.1, 0.15) is 30.1 Å². The van der Waals surface area contributed by atoms with Gasteiger partial charge in [0.25, 0.3) is 11.8 Å². The third kappa shape index (κ3) is 3.37. The maximum absolute atomic E-state index is 11.8. The monoisotopic (exact) mass is 263 g/mol. The van der Waals surface area contributed by atoms with Gasteiger partial charge in [-0.15, -0.1) is 0 Å². The number of nitrogens with two attached hydrogens (primary N) is 2. The van der Waals surface area contributed by atoms with Crippen molar-refractivity contribution in [1.82, 2.24) is 5.32 Å². The molecule has 6 heteroatoms. The molecule has 1 aromatic rings. The molecule has 1 atom stereocenters. The summed E-state index contributed by atoms with van der Waals surface area (Å²) in [5, 5.41) is 2.83. The molecule has 0 saturated heterocycles. The molecule has 0 spiro atoms. The SMILES string of the molecule is CC(Oc1ccc(N)cc1C(N)=O)C(=O)NC1CC1. The molecule has 0 aromatic heterocycles. The van der Waals surface area contributed by atoms with Gasteiger partial charge in [0, 0.05) is 11.7 Å². The van der Waals surface area contributed by atoms with Crippen LogP contribution in [-0.4, -0.2) is 24.0 Å². The largest absolute Gasteiger partial charge is 0.480 e. The Hall–Kier alpha value is -2.24. The van der Waals surface area contributed by atoms with Crippen LogP contribution in [0.4, 0.5) is 5.69 Å². The van der Waals surface area contributed by atoms with E-state index in [2.05, 4.69) is 5.32 Å². The number of carbonyl (C=O) groups excluding carboxylic acids is 2. The van der Waals surface area contributed by atoms with Crippen molar-refractivity contribution < 1.29 is 14.3 Å². The van der Waals surface area contributed by atoms with Crippen molar-refractivity contribution in [1.29, 1.82) is 0 Å².